The Morgan fingerprint density at radius 1 is 1.30 bits per heavy atom. The van der Waals surface area contributed by atoms with E-state index < -0.39 is 5.60 Å². The fourth-order valence-electron chi connectivity index (χ4n) is 2.66. The van der Waals surface area contributed by atoms with E-state index in [9.17, 15) is 9.90 Å². The summed E-state index contributed by atoms with van der Waals surface area (Å²) in [6.07, 6.45) is 1.62. The highest BCUT2D eigenvalue weighted by Crippen LogP contribution is 2.35. The number of amides is 2. The largest absolute Gasteiger partial charge is 0.454 e. The molecule has 2 aliphatic heterocycles. The number of fused-ring (bicyclic) bond motifs is 1. The standard InChI is InChI=1S/C16H22N2O5/c1-16(20,11-2-3-13-14(8-11)23-10-22-13)9-17-15(19)18-12-4-6-21-7-5-12/h2-3,8,12,20H,4-7,9-10H2,1H3,(H2,17,18,19)/t16-/m0/s1. The molecule has 0 aliphatic carbocycles. The molecule has 23 heavy (non-hydrogen) atoms. The van der Waals surface area contributed by atoms with Gasteiger partial charge in [-0.25, -0.2) is 4.79 Å². The third kappa shape index (κ3) is 3.86. The van der Waals surface area contributed by atoms with Crippen molar-refractivity contribution in [3.05, 3.63) is 23.8 Å². The van der Waals surface area contributed by atoms with E-state index >= 15 is 0 Å². The Hall–Kier alpha value is -1.99. The number of carbonyl (C=O) groups excluding carboxylic acids is 1. The van der Waals surface area contributed by atoms with Gasteiger partial charge in [0.25, 0.3) is 0 Å². The number of ether oxygens (including phenoxy) is 3. The van der Waals surface area contributed by atoms with Crippen LogP contribution >= 0.6 is 0 Å². The van der Waals surface area contributed by atoms with Crippen LogP contribution in [0.1, 0.15) is 25.3 Å². The van der Waals surface area contributed by atoms with Crippen molar-refractivity contribution in [1.82, 2.24) is 10.6 Å². The maximum atomic E-state index is 12.0. The first-order chi connectivity index (χ1) is 11.0. The highest BCUT2D eigenvalue weighted by molar-refractivity contribution is 5.74. The number of urea groups is 1. The highest BCUT2D eigenvalue weighted by Gasteiger charge is 2.27. The van der Waals surface area contributed by atoms with Gasteiger partial charge in [-0.05, 0) is 37.5 Å². The minimum absolute atomic E-state index is 0.0989. The molecule has 2 amide bonds. The molecule has 0 radical (unpaired) electrons. The van der Waals surface area contributed by atoms with E-state index in [-0.39, 0.29) is 25.4 Å². The first-order valence-corrected chi connectivity index (χ1v) is 7.79. The van der Waals surface area contributed by atoms with Crippen molar-refractivity contribution in [2.75, 3.05) is 26.6 Å². The van der Waals surface area contributed by atoms with Crippen LogP contribution in [-0.4, -0.2) is 43.7 Å². The van der Waals surface area contributed by atoms with Crippen molar-refractivity contribution < 1.29 is 24.1 Å². The fraction of sp³-hybridized carbons (Fsp3) is 0.562. The molecule has 0 unspecified atom stereocenters. The van der Waals surface area contributed by atoms with Crippen LogP contribution in [0.5, 0.6) is 11.5 Å². The molecule has 7 heteroatoms. The van der Waals surface area contributed by atoms with E-state index in [1.807, 2.05) is 0 Å². The minimum Gasteiger partial charge on any atom is -0.454 e. The number of rotatable bonds is 4. The van der Waals surface area contributed by atoms with Crippen LogP contribution in [0.15, 0.2) is 18.2 Å². The summed E-state index contributed by atoms with van der Waals surface area (Å²) in [6.45, 7) is 3.27. The topological polar surface area (TPSA) is 89.1 Å². The van der Waals surface area contributed by atoms with Gasteiger partial charge in [-0.15, -0.1) is 0 Å². The smallest absolute Gasteiger partial charge is 0.315 e. The first-order valence-electron chi connectivity index (χ1n) is 7.79. The van der Waals surface area contributed by atoms with E-state index in [1.54, 1.807) is 25.1 Å². The number of hydrogen-bond donors (Lipinski definition) is 3. The van der Waals surface area contributed by atoms with Crippen LogP contribution in [0, 0.1) is 0 Å². The van der Waals surface area contributed by atoms with Crippen LogP contribution < -0.4 is 20.1 Å². The summed E-state index contributed by atoms with van der Waals surface area (Å²) in [5.74, 6) is 1.27. The number of hydrogen-bond acceptors (Lipinski definition) is 5. The molecule has 126 valence electrons. The second-order valence-electron chi connectivity index (χ2n) is 6.06. The zero-order valence-corrected chi connectivity index (χ0v) is 13.1. The summed E-state index contributed by atoms with van der Waals surface area (Å²) in [5, 5.41) is 16.2. The highest BCUT2D eigenvalue weighted by atomic mass is 16.7. The lowest BCUT2D eigenvalue weighted by Crippen LogP contribution is -2.48. The molecule has 0 saturated carbocycles. The second-order valence-corrected chi connectivity index (χ2v) is 6.06. The van der Waals surface area contributed by atoms with E-state index in [0.29, 0.717) is 30.3 Å². The van der Waals surface area contributed by atoms with Crippen molar-refractivity contribution in [3.8, 4) is 11.5 Å². The normalized spacial score (nSPS) is 19.9. The number of nitrogens with one attached hydrogen (secondary N) is 2. The summed E-state index contributed by atoms with van der Waals surface area (Å²) in [7, 11) is 0. The van der Waals surface area contributed by atoms with E-state index in [4.69, 9.17) is 14.2 Å². The number of benzene rings is 1. The number of carbonyl (C=O) groups is 1. The molecule has 1 atom stereocenters. The molecule has 0 spiro atoms. The lowest BCUT2D eigenvalue weighted by Gasteiger charge is -2.27. The lowest BCUT2D eigenvalue weighted by atomic mass is 9.95. The average molecular weight is 322 g/mol. The molecule has 2 heterocycles. The molecule has 1 fully saturated rings. The van der Waals surface area contributed by atoms with Gasteiger partial charge in [0, 0.05) is 19.3 Å². The van der Waals surface area contributed by atoms with Gasteiger partial charge in [0.1, 0.15) is 5.60 Å². The van der Waals surface area contributed by atoms with Crippen LogP contribution in [0.3, 0.4) is 0 Å². The molecule has 3 N–H and O–H groups in total. The fourth-order valence-corrected chi connectivity index (χ4v) is 2.66. The molecule has 1 aromatic carbocycles. The first kappa shape index (κ1) is 15.9. The average Bonchev–Trinajstić information content (AvgIpc) is 3.02. The molecule has 1 saturated heterocycles. The Kier molecular flexibility index (Phi) is 4.58. The van der Waals surface area contributed by atoms with Gasteiger partial charge in [0.05, 0.1) is 6.54 Å². The maximum Gasteiger partial charge on any atom is 0.315 e. The summed E-state index contributed by atoms with van der Waals surface area (Å²) in [6, 6.07) is 5.11. The molecule has 0 bridgehead atoms. The van der Waals surface area contributed by atoms with Crippen LogP contribution in [0.2, 0.25) is 0 Å². The Morgan fingerprint density at radius 2 is 2.04 bits per heavy atom. The van der Waals surface area contributed by atoms with Crippen molar-refractivity contribution >= 4 is 6.03 Å². The number of aliphatic hydroxyl groups is 1. The molecule has 3 rings (SSSR count). The van der Waals surface area contributed by atoms with Gasteiger partial charge in [-0.1, -0.05) is 6.07 Å². The van der Waals surface area contributed by atoms with Crippen molar-refractivity contribution in [2.45, 2.75) is 31.4 Å². The van der Waals surface area contributed by atoms with Crippen LogP contribution in [-0.2, 0) is 10.3 Å². The summed E-state index contributed by atoms with van der Waals surface area (Å²) < 4.78 is 15.8. The lowest BCUT2D eigenvalue weighted by molar-refractivity contribution is 0.0577. The Labute approximate surface area is 134 Å². The second kappa shape index (κ2) is 6.64. The SMILES string of the molecule is C[C@](O)(CNC(=O)NC1CCOCC1)c1ccc2c(c1)OCO2. The van der Waals surface area contributed by atoms with E-state index in [0.717, 1.165) is 12.8 Å². The zero-order valence-electron chi connectivity index (χ0n) is 13.1. The van der Waals surface area contributed by atoms with Gasteiger partial charge in [0.2, 0.25) is 6.79 Å². The molecular weight excluding hydrogens is 300 g/mol. The van der Waals surface area contributed by atoms with E-state index in [1.165, 1.54) is 0 Å². The van der Waals surface area contributed by atoms with Gasteiger partial charge >= 0.3 is 6.03 Å². The quantitative estimate of drug-likeness (QED) is 0.772. The molecule has 1 aromatic rings. The van der Waals surface area contributed by atoms with Crippen molar-refractivity contribution in [2.24, 2.45) is 0 Å². The maximum absolute atomic E-state index is 12.0. The molecule has 0 aromatic heterocycles. The van der Waals surface area contributed by atoms with Gasteiger partial charge < -0.3 is 30.0 Å². The third-order valence-electron chi connectivity index (χ3n) is 4.14. The van der Waals surface area contributed by atoms with Crippen LogP contribution in [0.4, 0.5) is 4.79 Å². The minimum atomic E-state index is -1.20. The van der Waals surface area contributed by atoms with Gasteiger partial charge in [-0.3, -0.25) is 0 Å². The predicted octanol–water partition coefficient (Wildman–Crippen LogP) is 1.10. The van der Waals surface area contributed by atoms with E-state index in [2.05, 4.69) is 10.6 Å². The molecule has 2 aliphatic rings. The Bertz CT molecular complexity index is 570. The molecule has 7 nitrogen and oxygen atoms in total. The van der Waals surface area contributed by atoms with Crippen molar-refractivity contribution in [3.63, 3.8) is 0 Å². The summed E-state index contributed by atoms with van der Waals surface area (Å²) in [4.78, 5) is 12.0. The third-order valence-corrected chi connectivity index (χ3v) is 4.14. The van der Waals surface area contributed by atoms with Gasteiger partial charge in [0.15, 0.2) is 11.5 Å². The van der Waals surface area contributed by atoms with Gasteiger partial charge in [-0.2, -0.15) is 0 Å². The summed E-state index contributed by atoms with van der Waals surface area (Å²) in [5.41, 5.74) is -0.540. The van der Waals surface area contributed by atoms with Crippen molar-refractivity contribution in [1.29, 1.82) is 0 Å². The summed E-state index contributed by atoms with van der Waals surface area (Å²) >= 11 is 0. The Balaban J connectivity index is 1.54. The predicted molar refractivity (Wildman–Crippen MR) is 82.5 cm³/mol. The zero-order chi connectivity index (χ0) is 16.3. The molecular formula is C16H22N2O5. The monoisotopic (exact) mass is 322 g/mol. The Morgan fingerprint density at radius 3 is 2.83 bits per heavy atom. The van der Waals surface area contributed by atoms with Crippen LogP contribution in [0.25, 0.3) is 0 Å².